The summed E-state index contributed by atoms with van der Waals surface area (Å²) in [4.78, 5) is 46.8. The first-order valence-electron chi connectivity index (χ1n) is 7.45. The normalized spacial score (nSPS) is 9.88. The standard InChI is InChI=1S/C17H16N2O6S/c1-24-17(23)11-4-6-12(7-5-11)19-14(20)10-25-15(21)9-18-16(22)13-3-2-8-26-13/h2-8H,9-10H2,1H3,(H,18,22)(H,19,20). The van der Waals surface area contributed by atoms with E-state index in [1.807, 2.05) is 0 Å². The van der Waals surface area contributed by atoms with Crippen LogP contribution in [0.25, 0.3) is 0 Å². The number of rotatable bonds is 7. The first-order chi connectivity index (χ1) is 12.5. The molecular formula is C17H16N2O6S. The lowest BCUT2D eigenvalue weighted by Crippen LogP contribution is -2.31. The van der Waals surface area contributed by atoms with Gasteiger partial charge in [0.15, 0.2) is 6.61 Å². The molecule has 1 heterocycles. The van der Waals surface area contributed by atoms with Crippen molar-refractivity contribution in [1.82, 2.24) is 5.32 Å². The molecular weight excluding hydrogens is 360 g/mol. The molecule has 1 aromatic heterocycles. The Hall–Kier alpha value is -3.20. The molecule has 26 heavy (non-hydrogen) atoms. The van der Waals surface area contributed by atoms with Gasteiger partial charge in [-0.1, -0.05) is 6.07 Å². The highest BCUT2D eigenvalue weighted by Gasteiger charge is 2.12. The van der Waals surface area contributed by atoms with E-state index in [9.17, 15) is 19.2 Å². The Labute approximate surface area is 153 Å². The van der Waals surface area contributed by atoms with Gasteiger partial charge >= 0.3 is 11.9 Å². The van der Waals surface area contributed by atoms with Gasteiger partial charge in [-0.25, -0.2) is 4.79 Å². The number of methoxy groups -OCH3 is 1. The molecule has 2 rings (SSSR count). The molecule has 0 saturated heterocycles. The number of carbonyl (C=O) groups excluding carboxylic acids is 4. The van der Waals surface area contributed by atoms with E-state index >= 15 is 0 Å². The highest BCUT2D eigenvalue weighted by Crippen LogP contribution is 2.10. The number of nitrogens with one attached hydrogen (secondary N) is 2. The van der Waals surface area contributed by atoms with E-state index in [-0.39, 0.29) is 12.5 Å². The van der Waals surface area contributed by atoms with Crippen LogP contribution in [0.4, 0.5) is 5.69 Å². The van der Waals surface area contributed by atoms with E-state index in [0.29, 0.717) is 16.1 Å². The summed E-state index contributed by atoms with van der Waals surface area (Å²) in [6.07, 6.45) is 0. The van der Waals surface area contributed by atoms with Crippen molar-refractivity contribution in [1.29, 1.82) is 0 Å². The zero-order valence-electron chi connectivity index (χ0n) is 13.8. The SMILES string of the molecule is COC(=O)c1ccc(NC(=O)COC(=O)CNC(=O)c2cccs2)cc1. The lowest BCUT2D eigenvalue weighted by atomic mass is 10.2. The number of esters is 2. The molecule has 136 valence electrons. The van der Waals surface area contributed by atoms with Gasteiger partial charge in [-0.2, -0.15) is 0 Å². The molecule has 0 unspecified atom stereocenters. The van der Waals surface area contributed by atoms with Crippen molar-refractivity contribution in [2.75, 3.05) is 25.6 Å². The Morgan fingerprint density at radius 3 is 2.42 bits per heavy atom. The van der Waals surface area contributed by atoms with Crippen molar-refractivity contribution >= 4 is 40.8 Å². The summed E-state index contributed by atoms with van der Waals surface area (Å²) in [5.74, 6) is -2.15. The Kier molecular flexibility index (Phi) is 6.86. The Bertz CT molecular complexity index is 786. The minimum Gasteiger partial charge on any atom is -0.465 e. The molecule has 9 heteroatoms. The average Bonchev–Trinajstić information content (AvgIpc) is 3.19. The van der Waals surface area contributed by atoms with Crippen molar-refractivity contribution in [3.8, 4) is 0 Å². The van der Waals surface area contributed by atoms with Gasteiger partial charge in [0.05, 0.1) is 17.6 Å². The van der Waals surface area contributed by atoms with E-state index < -0.39 is 24.5 Å². The second-order valence-electron chi connectivity index (χ2n) is 4.94. The van der Waals surface area contributed by atoms with Gasteiger partial charge in [-0.05, 0) is 35.7 Å². The molecule has 0 radical (unpaired) electrons. The monoisotopic (exact) mass is 376 g/mol. The van der Waals surface area contributed by atoms with Crippen molar-refractivity contribution in [3.05, 3.63) is 52.2 Å². The molecule has 2 N–H and O–H groups in total. The smallest absolute Gasteiger partial charge is 0.337 e. The first kappa shape index (κ1) is 19.1. The van der Waals surface area contributed by atoms with Crippen LogP contribution in [0.5, 0.6) is 0 Å². The van der Waals surface area contributed by atoms with Crippen LogP contribution in [0, 0.1) is 0 Å². The number of benzene rings is 1. The fourth-order valence-electron chi connectivity index (χ4n) is 1.85. The molecule has 2 amide bonds. The first-order valence-corrected chi connectivity index (χ1v) is 8.33. The quantitative estimate of drug-likeness (QED) is 0.708. The van der Waals surface area contributed by atoms with Crippen LogP contribution in [0.3, 0.4) is 0 Å². The van der Waals surface area contributed by atoms with Crippen LogP contribution in [-0.4, -0.2) is 44.0 Å². The number of thiophene rings is 1. The summed E-state index contributed by atoms with van der Waals surface area (Å²) in [5, 5.41) is 6.66. The molecule has 1 aromatic carbocycles. The van der Waals surface area contributed by atoms with Gasteiger partial charge in [0.2, 0.25) is 0 Å². The number of amides is 2. The summed E-state index contributed by atoms with van der Waals surface area (Å²) in [5.41, 5.74) is 0.781. The van der Waals surface area contributed by atoms with Gasteiger partial charge in [-0.3, -0.25) is 14.4 Å². The van der Waals surface area contributed by atoms with Crippen LogP contribution in [0.2, 0.25) is 0 Å². The predicted molar refractivity (Wildman–Crippen MR) is 94.0 cm³/mol. The number of hydrogen-bond acceptors (Lipinski definition) is 7. The van der Waals surface area contributed by atoms with Crippen LogP contribution >= 0.6 is 11.3 Å². The number of hydrogen-bond donors (Lipinski definition) is 2. The summed E-state index contributed by atoms with van der Waals surface area (Å²) in [6, 6.07) is 9.38. The van der Waals surface area contributed by atoms with Crippen molar-refractivity contribution < 1.29 is 28.7 Å². The third-order valence-corrected chi connectivity index (χ3v) is 3.96. The van der Waals surface area contributed by atoms with E-state index in [4.69, 9.17) is 4.74 Å². The van der Waals surface area contributed by atoms with Crippen LogP contribution < -0.4 is 10.6 Å². The lowest BCUT2D eigenvalue weighted by Gasteiger charge is -2.08. The van der Waals surface area contributed by atoms with Gasteiger partial charge < -0.3 is 20.1 Å². The molecule has 0 bridgehead atoms. The van der Waals surface area contributed by atoms with E-state index in [0.717, 1.165) is 0 Å². The van der Waals surface area contributed by atoms with Crippen LogP contribution in [0.1, 0.15) is 20.0 Å². The maximum absolute atomic E-state index is 11.8. The van der Waals surface area contributed by atoms with Crippen LogP contribution in [-0.2, 0) is 19.1 Å². The predicted octanol–water partition coefficient (Wildman–Crippen LogP) is 1.45. The minimum absolute atomic E-state index is 0.335. The third-order valence-electron chi connectivity index (χ3n) is 3.09. The maximum atomic E-state index is 11.8. The molecule has 8 nitrogen and oxygen atoms in total. The number of carbonyl (C=O) groups is 4. The second-order valence-corrected chi connectivity index (χ2v) is 5.89. The van der Waals surface area contributed by atoms with Crippen LogP contribution in [0.15, 0.2) is 41.8 Å². The molecule has 0 atom stereocenters. The molecule has 0 fully saturated rings. The second kappa shape index (κ2) is 9.33. The fraction of sp³-hybridized carbons (Fsp3) is 0.176. The zero-order chi connectivity index (χ0) is 18.9. The zero-order valence-corrected chi connectivity index (χ0v) is 14.6. The van der Waals surface area contributed by atoms with Gasteiger partial charge in [0.1, 0.15) is 6.54 Å². The average molecular weight is 376 g/mol. The molecule has 0 spiro atoms. The van der Waals surface area contributed by atoms with Crippen molar-refractivity contribution in [3.63, 3.8) is 0 Å². The third kappa shape index (κ3) is 5.71. The molecule has 2 aromatic rings. The van der Waals surface area contributed by atoms with E-state index in [2.05, 4.69) is 15.4 Å². The molecule has 0 aliphatic carbocycles. The maximum Gasteiger partial charge on any atom is 0.337 e. The summed E-state index contributed by atoms with van der Waals surface area (Å²) >= 11 is 1.25. The van der Waals surface area contributed by atoms with Crippen molar-refractivity contribution in [2.45, 2.75) is 0 Å². The summed E-state index contributed by atoms with van der Waals surface area (Å²) in [7, 11) is 1.27. The molecule has 0 saturated carbocycles. The summed E-state index contributed by atoms with van der Waals surface area (Å²) in [6.45, 7) is -0.829. The Balaban J connectivity index is 1.71. The largest absolute Gasteiger partial charge is 0.465 e. The van der Waals surface area contributed by atoms with Gasteiger partial charge in [-0.15, -0.1) is 11.3 Å². The van der Waals surface area contributed by atoms with E-state index in [1.54, 1.807) is 17.5 Å². The number of ether oxygens (including phenoxy) is 2. The summed E-state index contributed by atoms with van der Waals surface area (Å²) < 4.78 is 9.36. The van der Waals surface area contributed by atoms with Gasteiger partial charge in [0.25, 0.3) is 11.8 Å². The Morgan fingerprint density at radius 1 is 1.08 bits per heavy atom. The van der Waals surface area contributed by atoms with E-state index in [1.165, 1.54) is 42.7 Å². The Morgan fingerprint density at radius 2 is 1.81 bits per heavy atom. The molecule has 0 aliphatic heterocycles. The number of anilines is 1. The lowest BCUT2D eigenvalue weighted by molar-refractivity contribution is -0.146. The molecule has 0 aliphatic rings. The van der Waals surface area contributed by atoms with Crippen molar-refractivity contribution in [2.24, 2.45) is 0 Å². The highest BCUT2D eigenvalue weighted by molar-refractivity contribution is 7.12. The topological polar surface area (TPSA) is 111 Å². The fourth-order valence-corrected chi connectivity index (χ4v) is 2.49. The minimum atomic E-state index is -0.730. The van der Waals surface area contributed by atoms with Gasteiger partial charge in [0, 0.05) is 5.69 Å². The highest BCUT2D eigenvalue weighted by atomic mass is 32.1.